The summed E-state index contributed by atoms with van der Waals surface area (Å²) in [6.45, 7) is 7.48. The molecule has 2 unspecified atom stereocenters. The highest BCUT2D eigenvalue weighted by molar-refractivity contribution is 6.30. The van der Waals surface area contributed by atoms with Crippen LogP contribution in [0.1, 0.15) is 39.2 Å². The van der Waals surface area contributed by atoms with Crippen LogP contribution >= 0.6 is 11.6 Å². The smallest absolute Gasteiger partial charge is 0.144 e. The molecule has 18 heavy (non-hydrogen) atoms. The molecule has 0 aliphatic heterocycles. The Kier molecular flexibility index (Phi) is 6.66. The molecule has 0 saturated heterocycles. The summed E-state index contributed by atoms with van der Waals surface area (Å²) in [6, 6.07) is 5.64. The second-order valence-electron chi connectivity index (χ2n) is 4.83. The van der Waals surface area contributed by atoms with Gasteiger partial charge in [0.05, 0.1) is 5.02 Å². The molecule has 0 amide bonds. The lowest BCUT2D eigenvalue weighted by Gasteiger charge is -2.24. The third-order valence-electron chi connectivity index (χ3n) is 3.46. The number of hydrogen-bond donors (Lipinski definition) is 1. The highest BCUT2D eigenvalue weighted by Crippen LogP contribution is 2.23. The molecule has 1 aromatic rings. The highest BCUT2D eigenvalue weighted by atomic mass is 35.5. The molecule has 0 heterocycles. The monoisotopic (exact) mass is 271 g/mol. The second-order valence-corrected chi connectivity index (χ2v) is 5.24. The van der Waals surface area contributed by atoms with E-state index >= 15 is 0 Å². The fraction of sp³-hybridized carbons (Fsp3) is 0.600. The average molecular weight is 272 g/mol. The third kappa shape index (κ3) is 4.25. The number of rotatable bonds is 7. The van der Waals surface area contributed by atoms with E-state index < -0.39 is 0 Å². The summed E-state index contributed by atoms with van der Waals surface area (Å²) in [4.78, 5) is 0. The lowest BCUT2D eigenvalue weighted by Crippen LogP contribution is -2.35. The van der Waals surface area contributed by atoms with Crippen LogP contribution in [0.5, 0.6) is 0 Å². The van der Waals surface area contributed by atoms with Gasteiger partial charge in [0.15, 0.2) is 0 Å². The number of halogens is 2. The molecule has 0 aliphatic rings. The number of benzene rings is 1. The molecule has 102 valence electrons. The van der Waals surface area contributed by atoms with Gasteiger partial charge in [-0.3, -0.25) is 0 Å². The van der Waals surface area contributed by atoms with Gasteiger partial charge in [0.25, 0.3) is 0 Å². The van der Waals surface area contributed by atoms with Crippen LogP contribution in [0.25, 0.3) is 0 Å². The van der Waals surface area contributed by atoms with Crippen molar-refractivity contribution in [2.24, 2.45) is 5.92 Å². The van der Waals surface area contributed by atoms with Crippen LogP contribution in [-0.2, 0) is 6.42 Å². The summed E-state index contributed by atoms with van der Waals surface area (Å²) in [7, 11) is 0. The van der Waals surface area contributed by atoms with Crippen LogP contribution in [-0.4, -0.2) is 12.6 Å². The van der Waals surface area contributed by atoms with Gasteiger partial charge in [-0.05, 0) is 43.9 Å². The summed E-state index contributed by atoms with van der Waals surface area (Å²) < 4.78 is 13.9. The summed E-state index contributed by atoms with van der Waals surface area (Å²) in [5.74, 6) is 0.171. The molecule has 0 spiro atoms. The van der Waals surface area contributed by atoms with Gasteiger partial charge in [-0.1, -0.05) is 44.0 Å². The Morgan fingerprint density at radius 2 is 2.06 bits per heavy atom. The Balaban J connectivity index is 2.70. The Morgan fingerprint density at radius 3 is 2.67 bits per heavy atom. The zero-order valence-corrected chi connectivity index (χ0v) is 12.2. The highest BCUT2D eigenvalue weighted by Gasteiger charge is 2.17. The predicted octanol–water partition coefficient (Wildman–Crippen LogP) is 4.44. The van der Waals surface area contributed by atoms with E-state index in [-0.39, 0.29) is 10.8 Å². The maximum Gasteiger partial charge on any atom is 0.144 e. The van der Waals surface area contributed by atoms with E-state index in [4.69, 9.17) is 11.6 Å². The molecule has 2 atom stereocenters. The van der Waals surface area contributed by atoms with Gasteiger partial charge in [0.2, 0.25) is 0 Å². The van der Waals surface area contributed by atoms with E-state index in [1.807, 2.05) is 12.1 Å². The Labute approximate surface area is 115 Å². The van der Waals surface area contributed by atoms with Crippen molar-refractivity contribution in [3.8, 4) is 0 Å². The molecule has 0 radical (unpaired) electrons. The first-order valence-electron chi connectivity index (χ1n) is 6.76. The average Bonchev–Trinajstić information content (AvgIpc) is 2.37. The molecule has 0 aromatic heterocycles. The van der Waals surface area contributed by atoms with Crippen molar-refractivity contribution in [2.45, 2.75) is 46.1 Å². The van der Waals surface area contributed by atoms with Crippen molar-refractivity contribution >= 4 is 11.6 Å². The van der Waals surface area contributed by atoms with E-state index in [9.17, 15) is 4.39 Å². The second kappa shape index (κ2) is 7.75. The molecule has 1 aromatic carbocycles. The van der Waals surface area contributed by atoms with Gasteiger partial charge in [-0.25, -0.2) is 4.39 Å². The van der Waals surface area contributed by atoms with E-state index in [1.165, 1.54) is 0 Å². The third-order valence-corrected chi connectivity index (χ3v) is 3.75. The maximum atomic E-state index is 13.9. The van der Waals surface area contributed by atoms with Crippen LogP contribution in [0, 0.1) is 11.7 Å². The SMILES string of the molecule is CCCNC(C)C(CC)Cc1cccc(Cl)c1F. The van der Waals surface area contributed by atoms with Gasteiger partial charge in [-0.15, -0.1) is 0 Å². The largest absolute Gasteiger partial charge is 0.314 e. The Hall–Kier alpha value is -0.600. The molecule has 0 bridgehead atoms. The molecule has 1 N–H and O–H groups in total. The first kappa shape index (κ1) is 15.5. The van der Waals surface area contributed by atoms with Crippen LogP contribution in [0.4, 0.5) is 4.39 Å². The predicted molar refractivity (Wildman–Crippen MR) is 76.7 cm³/mol. The van der Waals surface area contributed by atoms with Crippen LogP contribution in [0.2, 0.25) is 5.02 Å². The lowest BCUT2D eigenvalue weighted by atomic mass is 9.90. The molecule has 0 aliphatic carbocycles. The maximum absolute atomic E-state index is 13.9. The first-order valence-corrected chi connectivity index (χ1v) is 7.14. The minimum atomic E-state index is -0.264. The van der Waals surface area contributed by atoms with Gasteiger partial charge in [-0.2, -0.15) is 0 Å². The van der Waals surface area contributed by atoms with Crippen molar-refractivity contribution < 1.29 is 4.39 Å². The Bertz CT molecular complexity index is 368. The van der Waals surface area contributed by atoms with Crippen molar-refractivity contribution in [2.75, 3.05) is 6.54 Å². The molecule has 0 saturated carbocycles. The van der Waals surface area contributed by atoms with E-state index in [1.54, 1.807) is 6.07 Å². The quantitative estimate of drug-likeness (QED) is 0.773. The summed E-state index contributed by atoms with van der Waals surface area (Å²) >= 11 is 5.81. The minimum Gasteiger partial charge on any atom is -0.314 e. The van der Waals surface area contributed by atoms with Crippen molar-refractivity contribution in [1.82, 2.24) is 5.32 Å². The normalized spacial score (nSPS) is 14.5. The zero-order valence-electron chi connectivity index (χ0n) is 11.5. The van der Waals surface area contributed by atoms with Gasteiger partial charge >= 0.3 is 0 Å². The standard InChI is InChI=1S/C15H23ClFN/c1-4-9-18-11(3)12(5-2)10-13-7-6-8-14(16)15(13)17/h6-8,11-12,18H,4-5,9-10H2,1-3H3. The molecule has 0 fully saturated rings. The lowest BCUT2D eigenvalue weighted by molar-refractivity contribution is 0.358. The van der Waals surface area contributed by atoms with Crippen LogP contribution in [0.3, 0.4) is 0 Å². The van der Waals surface area contributed by atoms with Crippen molar-refractivity contribution in [3.05, 3.63) is 34.6 Å². The molecule has 3 heteroatoms. The Morgan fingerprint density at radius 1 is 1.33 bits per heavy atom. The number of nitrogens with one attached hydrogen (secondary N) is 1. The van der Waals surface area contributed by atoms with E-state index in [0.29, 0.717) is 12.0 Å². The molecule has 1 rings (SSSR count). The molecule has 1 nitrogen and oxygen atoms in total. The zero-order chi connectivity index (χ0) is 13.5. The molecular weight excluding hydrogens is 249 g/mol. The van der Waals surface area contributed by atoms with Crippen LogP contribution < -0.4 is 5.32 Å². The van der Waals surface area contributed by atoms with E-state index in [2.05, 4.69) is 26.1 Å². The van der Waals surface area contributed by atoms with Crippen molar-refractivity contribution in [1.29, 1.82) is 0 Å². The first-order chi connectivity index (χ1) is 8.60. The van der Waals surface area contributed by atoms with Gasteiger partial charge in [0.1, 0.15) is 5.82 Å². The summed E-state index contributed by atoms with van der Waals surface area (Å²) in [5.41, 5.74) is 0.722. The van der Waals surface area contributed by atoms with E-state index in [0.717, 1.165) is 31.4 Å². The minimum absolute atomic E-state index is 0.219. The summed E-state index contributed by atoms with van der Waals surface area (Å²) in [5, 5.41) is 3.70. The van der Waals surface area contributed by atoms with Crippen LogP contribution in [0.15, 0.2) is 18.2 Å². The fourth-order valence-electron chi connectivity index (χ4n) is 2.20. The van der Waals surface area contributed by atoms with Gasteiger partial charge in [0, 0.05) is 6.04 Å². The number of hydrogen-bond acceptors (Lipinski definition) is 1. The molecular formula is C15H23ClFN. The topological polar surface area (TPSA) is 12.0 Å². The van der Waals surface area contributed by atoms with Gasteiger partial charge < -0.3 is 5.32 Å². The van der Waals surface area contributed by atoms with Crippen molar-refractivity contribution in [3.63, 3.8) is 0 Å². The fourth-order valence-corrected chi connectivity index (χ4v) is 2.40. The summed E-state index contributed by atoms with van der Waals surface area (Å²) in [6.07, 6.45) is 2.89.